The number of carboxylic acids is 1. The van der Waals surface area contributed by atoms with Crippen LogP contribution in [0.2, 0.25) is 0 Å². The highest BCUT2D eigenvalue weighted by Gasteiger charge is 2.34. The first-order valence-electron chi connectivity index (χ1n) is 11.6. The molecule has 1 aromatic carbocycles. The fourth-order valence-electron chi connectivity index (χ4n) is 3.65. The summed E-state index contributed by atoms with van der Waals surface area (Å²) in [5.74, 6) is -0.870. The number of hydrogen-bond acceptors (Lipinski definition) is 10. The molecule has 12 nitrogen and oxygen atoms in total. The Morgan fingerprint density at radius 3 is 2.11 bits per heavy atom. The van der Waals surface area contributed by atoms with E-state index in [9.17, 15) is 31.5 Å². The van der Waals surface area contributed by atoms with E-state index in [4.69, 9.17) is 13.1 Å². The van der Waals surface area contributed by atoms with Gasteiger partial charge in [-0.1, -0.05) is 6.08 Å². The standard InChI is InChI=1S/C23H34N2O10S2/c1-23(21(26)27)12-5-4-6-20(11-13-23)35-22(28)24-18-7-9-19(10-8-18)25(14-16-33-36(2,29)30)15-17-34-37(3,31)32/h4,6-10,20H,5,11-17H2,1-3H3,(H,24,28)(H,26,27)/b6-4+/t20-,23+/m1/s1. The summed E-state index contributed by atoms with van der Waals surface area (Å²) < 4.78 is 60.0. The van der Waals surface area contributed by atoms with Crippen molar-refractivity contribution in [1.82, 2.24) is 0 Å². The Morgan fingerprint density at radius 1 is 1.03 bits per heavy atom. The zero-order valence-electron chi connectivity index (χ0n) is 21.1. The van der Waals surface area contributed by atoms with Crippen LogP contribution in [-0.2, 0) is 38.1 Å². The fourth-order valence-corrected chi connectivity index (χ4v) is 4.41. The molecule has 0 aliphatic heterocycles. The predicted octanol–water partition coefficient (Wildman–Crippen LogP) is 2.58. The average Bonchev–Trinajstić information content (AvgIpc) is 2.76. The van der Waals surface area contributed by atoms with Crippen LogP contribution in [0, 0.1) is 5.41 Å². The number of carbonyl (C=O) groups excluding carboxylic acids is 1. The summed E-state index contributed by atoms with van der Waals surface area (Å²) >= 11 is 0. The lowest BCUT2D eigenvalue weighted by molar-refractivity contribution is -0.149. The third-order valence-corrected chi connectivity index (χ3v) is 6.95. The van der Waals surface area contributed by atoms with Gasteiger partial charge < -0.3 is 14.7 Å². The second kappa shape index (κ2) is 13.2. The summed E-state index contributed by atoms with van der Waals surface area (Å²) in [7, 11) is -7.28. The van der Waals surface area contributed by atoms with Gasteiger partial charge in [-0.2, -0.15) is 16.8 Å². The lowest BCUT2D eigenvalue weighted by Crippen LogP contribution is -2.32. The van der Waals surface area contributed by atoms with Crippen molar-refractivity contribution in [2.45, 2.75) is 38.7 Å². The Bertz CT molecular complexity index is 1130. The van der Waals surface area contributed by atoms with Crippen LogP contribution < -0.4 is 10.2 Å². The minimum atomic E-state index is -3.64. The summed E-state index contributed by atoms with van der Waals surface area (Å²) in [5, 5.41) is 12.1. The number of anilines is 2. The summed E-state index contributed by atoms with van der Waals surface area (Å²) in [6.45, 7) is 1.66. The molecule has 0 bridgehead atoms. The molecule has 0 heterocycles. The van der Waals surface area contributed by atoms with Gasteiger partial charge in [-0.05, 0) is 62.9 Å². The number of allylic oxidation sites excluding steroid dienone is 1. The van der Waals surface area contributed by atoms with E-state index >= 15 is 0 Å². The Labute approximate surface area is 217 Å². The highest BCUT2D eigenvalue weighted by Crippen LogP contribution is 2.33. The molecule has 1 aliphatic carbocycles. The second-order valence-corrected chi connectivity index (χ2v) is 12.3. The van der Waals surface area contributed by atoms with Crippen LogP contribution in [0.4, 0.5) is 16.2 Å². The van der Waals surface area contributed by atoms with Crippen molar-refractivity contribution in [3.63, 3.8) is 0 Å². The van der Waals surface area contributed by atoms with Gasteiger partial charge >= 0.3 is 12.1 Å². The molecule has 0 saturated heterocycles. The van der Waals surface area contributed by atoms with Gasteiger partial charge in [0.05, 0.1) is 31.1 Å². The second-order valence-electron chi connectivity index (χ2n) is 9.03. The van der Waals surface area contributed by atoms with E-state index in [1.54, 1.807) is 42.2 Å². The molecule has 0 saturated carbocycles. The molecular formula is C23H34N2O10S2. The minimum Gasteiger partial charge on any atom is -0.481 e. The molecule has 0 spiro atoms. The third kappa shape index (κ3) is 11.5. The van der Waals surface area contributed by atoms with Crippen molar-refractivity contribution < 1.29 is 44.6 Å². The van der Waals surface area contributed by atoms with Gasteiger partial charge in [0.15, 0.2) is 0 Å². The van der Waals surface area contributed by atoms with E-state index in [1.807, 2.05) is 6.08 Å². The van der Waals surface area contributed by atoms with Crippen LogP contribution in [0.3, 0.4) is 0 Å². The quantitative estimate of drug-likeness (QED) is 0.284. The van der Waals surface area contributed by atoms with E-state index in [0.29, 0.717) is 37.1 Å². The topological polar surface area (TPSA) is 166 Å². The van der Waals surface area contributed by atoms with Gasteiger partial charge in [-0.3, -0.25) is 18.5 Å². The fraction of sp³-hybridized carbons (Fsp3) is 0.565. The molecule has 37 heavy (non-hydrogen) atoms. The van der Waals surface area contributed by atoms with Gasteiger partial charge in [0.1, 0.15) is 6.10 Å². The van der Waals surface area contributed by atoms with Crippen LogP contribution in [0.5, 0.6) is 0 Å². The summed E-state index contributed by atoms with van der Waals surface area (Å²) in [4.78, 5) is 25.7. The van der Waals surface area contributed by atoms with E-state index in [0.717, 1.165) is 12.5 Å². The average molecular weight is 563 g/mol. The van der Waals surface area contributed by atoms with Crippen molar-refractivity contribution in [3.05, 3.63) is 36.4 Å². The van der Waals surface area contributed by atoms with Crippen molar-refractivity contribution in [3.8, 4) is 0 Å². The number of aliphatic carboxylic acids is 1. The first-order valence-corrected chi connectivity index (χ1v) is 15.2. The maximum absolute atomic E-state index is 12.4. The number of carbonyl (C=O) groups is 2. The number of amides is 1. The van der Waals surface area contributed by atoms with Gasteiger partial charge in [0.2, 0.25) is 0 Å². The molecule has 0 fully saturated rings. The molecule has 2 atom stereocenters. The molecule has 2 rings (SSSR count). The number of ether oxygens (including phenoxy) is 1. The van der Waals surface area contributed by atoms with Crippen LogP contribution in [0.15, 0.2) is 36.4 Å². The Hall–Kier alpha value is -2.68. The van der Waals surface area contributed by atoms with Crippen LogP contribution >= 0.6 is 0 Å². The highest BCUT2D eigenvalue weighted by molar-refractivity contribution is 7.86. The Balaban J connectivity index is 1.99. The maximum Gasteiger partial charge on any atom is 0.412 e. The molecular weight excluding hydrogens is 528 g/mol. The summed E-state index contributed by atoms with van der Waals surface area (Å²) in [6, 6.07) is 6.52. The van der Waals surface area contributed by atoms with E-state index in [1.165, 1.54) is 0 Å². The number of nitrogens with zero attached hydrogens (tertiary/aromatic N) is 1. The lowest BCUT2D eigenvalue weighted by atomic mass is 9.79. The number of benzene rings is 1. The summed E-state index contributed by atoms with van der Waals surface area (Å²) in [6.07, 6.45) is 6.05. The van der Waals surface area contributed by atoms with Crippen LogP contribution in [-0.4, -0.2) is 78.9 Å². The number of rotatable bonds is 12. The van der Waals surface area contributed by atoms with Crippen LogP contribution in [0.25, 0.3) is 0 Å². The molecule has 1 aromatic rings. The molecule has 14 heteroatoms. The van der Waals surface area contributed by atoms with E-state index in [-0.39, 0.29) is 26.3 Å². The zero-order chi connectivity index (χ0) is 27.7. The molecule has 0 radical (unpaired) electrons. The molecule has 0 unspecified atom stereocenters. The molecule has 0 aromatic heterocycles. The van der Waals surface area contributed by atoms with Gasteiger partial charge in [0.25, 0.3) is 20.2 Å². The van der Waals surface area contributed by atoms with E-state index < -0.39 is 43.8 Å². The van der Waals surface area contributed by atoms with Crippen molar-refractivity contribution >= 4 is 43.7 Å². The number of nitrogens with one attached hydrogen (secondary N) is 1. The van der Waals surface area contributed by atoms with Gasteiger partial charge in [-0.15, -0.1) is 0 Å². The third-order valence-electron chi connectivity index (χ3n) is 5.76. The highest BCUT2D eigenvalue weighted by atomic mass is 32.2. The maximum atomic E-state index is 12.4. The number of hydrogen-bond donors (Lipinski definition) is 2. The van der Waals surface area contributed by atoms with Crippen molar-refractivity contribution in [2.75, 3.05) is 49.0 Å². The first kappa shape index (κ1) is 30.5. The van der Waals surface area contributed by atoms with E-state index in [2.05, 4.69) is 5.32 Å². The molecule has 1 amide bonds. The largest absolute Gasteiger partial charge is 0.481 e. The molecule has 2 N–H and O–H groups in total. The minimum absolute atomic E-state index is 0.137. The van der Waals surface area contributed by atoms with Crippen molar-refractivity contribution in [1.29, 1.82) is 0 Å². The Morgan fingerprint density at radius 2 is 1.59 bits per heavy atom. The normalized spacial score (nSPS) is 21.3. The van der Waals surface area contributed by atoms with Gasteiger partial charge in [-0.25, -0.2) is 4.79 Å². The monoisotopic (exact) mass is 562 g/mol. The number of carboxylic acid groups (broad SMARTS) is 1. The predicted molar refractivity (Wildman–Crippen MR) is 137 cm³/mol. The molecule has 1 aliphatic rings. The summed E-state index contributed by atoms with van der Waals surface area (Å²) in [5.41, 5.74) is 0.172. The smallest absolute Gasteiger partial charge is 0.412 e. The van der Waals surface area contributed by atoms with Crippen molar-refractivity contribution in [2.24, 2.45) is 5.41 Å². The Kier molecular flexibility index (Phi) is 10.9. The first-order chi connectivity index (χ1) is 17.2. The van der Waals surface area contributed by atoms with Crippen LogP contribution in [0.1, 0.15) is 32.6 Å². The van der Waals surface area contributed by atoms with Gasteiger partial charge in [0, 0.05) is 24.5 Å². The SMILES string of the molecule is C[C@]1(C(=O)O)CC/C=C/[C@@H](OC(=O)Nc2ccc(N(CCOS(C)(=O)=O)CCOS(C)(=O)=O)cc2)CC1. The lowest BCUT2D eigenvalue weighted by Gasteiger charge is -2.27. The zero-order valence-corrected chi connectivity index (χ0v) is 22.7. The molecule has 208 valence electrons.